The molecule has 3 rings (SSSR count). The van der Waals surface area contributed by atoms with Crippen LogP contribution in [0, 0.1) is 0 Å². The van der Waals surface area contributed by atoms with E-state index in [-0.39, 0.29) is 6.03 Å². The van der Waals surface area contributed by atoms with E-state index in [1.54, 1.807) is 25.4 Å². The normalized spacial score (nSPS) is 10.5. The van der Waals surface area contributed by atoms with E-state index >= 15 is 0 Å². The van der Waals surface area contributed by atoms with Gasteiger partial charge in [0, 0.05) is 24.5 Å². The molecule has 0 aliphatic heterocycles. The van der Waals surface area contributed by atoms with Gasteiger partial charge in [-0.3, -0.25) is 10.1 Å². The number of amides is 2. The van der Waals surface area contributed by atoms with Crippen molar-refractivity contribution in [1.82, 2.24) is 20.5 Å². The molecule has 0 aliphatic rings. The van der Waals surface area contributed by atoms with E-state index < -0.39 is 0 Å². The highest BCUT2D eigenvalue weighted by Gasteiger charge is 2.11. The third-order valence-electron chi connectivity index (χ3n) is 3.15. The Morgan fingerprint density at radius 3 is 2.71 bits per heavy atom. The van der Waals surface area contributed by atoms with E-state index in [2.05, 4.69) is 25.8 Å². The SMILES string of the molecule is CNC(=O)Nc1ccc(-c2nccc3[nH]nc(N)c23)cc1. The van der Waals surface area contributed by atoms with E-state index in [4.69, 9.17) is 5.73 Å². The molecule has 0 unspecified atom stereocenters. The van der Waals surface area contributed by atoms with Crippen LogP contribution in [0.5, 0.6) is 0 Å². The predicted molar refractivity (Wildman–Crippen MR) is 81.8 cm³/mol. The quantitative estimate of drug-likeness (QED) is 0.576. The number of hydrogen-bond donors (Lipinski definition) is 4. The number of urea groups is 1. The molecule has 0 aliphatic carbocycles. The van der Waals surface area contributed by atoms with Gasteiger partial charge in [0.15, 0.2) is 5.82 Å². The van der Waals surface area contributed by atoms with Crippen LogP contribution in [0.1, 0.15) is 0 Å². The number of H-pyrrole nitrogens is 1. The number of nitrogen functional groups attached to an aromatic ring is 1. The van der Waals surface area contributed by atoms with Crippen LogP contribution in [-0.4, -0.2) is 28.3 Å². The Hall–Kier alpha value is -3.09. The molecule has 2 aromatic heterocycles. The summed E-state index contributed by atoms with van der Waals surface area (Å²) < 4.78 is 0. The van der Waals surface area contributed by atoms with Gasteiger partial charge in [0.1, 0.15) is 0 Å². The first-order valence-corrected chi connectivity index (χ1v) is 6.37. The summed E-state index contributed by atoms with van der Waals surface area (Å²) in [7, 11) is 1.57. The Kier molecular flexibility index (Phi) is 3.15. The van der Waals surface area contributed by atoms with Crippen molar-refractivity contribution in [1.29, 1.82) is 0 Å². The molecule has 0 bridgehead atoms. The van der Waals surface area contributed by atoms with Crippen molar-refractivity contribution in [3.63, 3.8) is 0 Å². The molecular weight excluding hydrogens is 268 g/mol. The molecule has 5 N–H and O–H groups in total. The molecule has 0 spiro atoms. The van der Waals surface area contributed by atoms with Crippen LogP contribution in [0.15, 0.2) is 36.5 Å². The van der Waals surface area contributed by atoms with Gasteiger partial charge in [-0.2, -0.15) is 5.10 Å². The minimum atomic E-state index is -0.262. The molecule has 0 fully saturated rings. The number of pyridine rings is 1. The summed E-state index contributed by atoms with van der Waals surface area (Å²) in [5, 5.41) is 12.9. The lowest BCUT2D eigenvalue weighted by Crippen LogP contribution is -2.24. The molecule has 0 saturated carbocycles. The number of hydrogen-bond acceptors (Lipinski definition) is 4. The first-order chi connectivity index (χ1) is 10.2. The van der Waals surface area contributed by atoms with Crippen molar-refractivity contribution >= 4 is 28.4 Å². The lowest BCUT2D eigenvalue weighted by atomic mass is 10.1. The van der Waals surface area contributed by atoms with Crippen molar-refractivity contribution in [2.75, 3.05) is 18.1 Å². The van der Waals surface area contributed by atoms with Crippen LogP contribution in [0.4, 0.5) is 16.3 Å². The van der Waals surface area contributed by atoms with Crippen LogP contribution in [-0.2, 0) is 0 Å². The summed E-state index contributed by atoms with van der Waals surface area (Å²) in [6.07, 6.45) is 1.70. The smallest absolute Gasteiger partial charge is 0.318 e. The summed E-state index contributed by atoms with van der Waals surface area (Å²) in [5.74, 6) is 0.417. The molecule has 7 heteroatoms. The lowest BCUT2D eigenvalue weighted by Gasteiger charge is -2.06. The van der Waals surface area contributed by atoms with Gasteiger partial charge >= 0.3 is 6.03 Å². The van der Waals surface area contributed by atoms with E-state index in [1.165, 1.54) is 0 Å². The molecule has 106 valence electrons. The first kappa shape index (κ1) is 12.9. The fraction of sp³-hybridized carbons (Fsp3) is 0.0714. The van der Waals surface area contributed by atoms with Crippen molar-refractivity contribution in [3.05, 3.63) is 36.5 Å². The van der Waals surface area contributed by atoms with Gasteiger partial charge in [-0.15, -0.1) is 0 Å². The Morgan fingerprint density at radius 2 is 2.00 bits per heavy atom. The molecule has 1 aromatic carbocycles. The third kappa shape index (κ3) is 2.36. The number of benzene rings is 1. The highest BCUT2D eigenvalue weighted by Crippen LogP contribution is 2.29. The number of nitrogens with two attached hydrogens (primary N) is 1. The molecule has 21 heavy (non-hydrogen) atoms. The summed E-state index contributed by atoms with van der Waals surface area (Å²) in [6.45, 7) is 0. The first-order valence-electron chi connectivity index (χ1n) is 6.37. The topological polar surface area (TPSA) is 109 Å². The molecule has 0 radical (unpaired) electrons. The number of nitrogens with zero attached hydrogens (tertiary/aromatic N) is 2. The molecule has 0 saturated heterocycles. The number of aromatic amines is 1. The number of anilines is 2. The second kappa shape index (κ2) is 5.12. The highest BCUT2D eigenvalue weighted by molar-refractivity contribution is 5.99. The summed E-state index contributed by atoms with van der Waals surface area (Å²) in [6, 6.07) is 8.92. The summed E-state index contributed by atoms with van der Waals surface area (Å²) >= 11 is 0. The molecule has 3 aromatic rings. The number of fused-ring (bicyclic) bond motifs is 1. The second-order valence-electron chi connectivity index (χ2n) is 4.47. The van der Waals surface area contributed by atoms with Crippen LogP contribution in [0.2, 0.25) is 0 Å². The Labute approximate surface area is 120 Å². The van der Waals surface area contributed by atoms with Crippen molar-refractivity contribution in [2.45, 2.75) is 0 Å². The van der Waals surface area contributed by atoms with E-state index in [9.17, 15) is 4.79 Å². The molecule has 0 atom stereocenters. The second-order valence-corrected chi connectivity index (χ2v) is 4.47. The number of carbonyl (C=O) groups is 1. The van der Waals surface area contributed by atoms with E-state index in [0.29, 0.717) is 11.5 Å². The van der Waals surface area contributed by atoms with Gasteiger partial charge in [-0.05, 0) is 18.2 Å². The number of rotatable bonds is 2. The minimum Gasteiger partial charge on any atom is -0.382 e. The third-order valence-corrected chi connectivity index (χ3v) is 3.15. The monoisotopic (exact) mass is 282 g/mol. The molecular formula is C14H14N6O. The zero-order valence-electron chi connectivity index (χ0n) is 11.3. The summed E-state index contributed by atoms with van der Waals surface area (Å²) in [4.78, 5) is 15.6. The van der Waals surface area contributed by atoms with Gasteiger partial charge in [0.25, 0.3) is 0 Å². The number of carbonyl (C=O) groups excluding carboxylic acids is 1. The fourth-order valence-electron chi connectivity index (χ4n) is 2.11. The number of aromatic nitrogens is 3. The average molecular weight is 282 g/mol. The maximum atomic E-state index is 11.3. The number of nitrogens with one attached hydrogen (secondary N) is 3. The molecule has 2 heterocycles. The zero-order valence-corrected chi connectivity index (χ0v) is 11.3. The predicted octanol–water partition coefficient (Wildman–Crippen LogP) is 1.96. The van der Waals surface area contributed by atoms with Gasteiger partial charge in [-0.25, -0.2) is 4.79 Å². The zero-order chi connectivity index (χ0) is 14.8. The standard InChI is InChI=1S/C14H14N6O/c1-16-14(21)18-9-4-2-8(3-5-9)12-11-10(6-7-17-12)19-20-13(11)15/h2-7H,1H3,(H3,15,19,20)(H2,16,18,21). The van der Waals surface area contributed by atoms with Crippen molar-refractivity contribution in [3.8, 4) is 11.3 Å². The van der Waals surface area contributed by atoms with Crippen molar-refractivity contribution in [2.24, 2.45) is 0 Å². The Morgan fingerprint density at radius 1 is 1.24 bits per heavy atom. The fourth-order valence-corrected chi connectivity index (χ4v) is 2.11. The van der Waals surface area contributed by atoms with Crippen LogP contribution < -0.4 is 16.4 Å². The minimum absolute atomic E-state index is 0.262. The van der Waals surface area contributed by atoms with E-state index in [1.807, 2.05) is 18.2 Å². The Balaban J connectivity index is 1.99. The van der Waals surface area contributed by atoms with Crippen LogP contribution in [0.3, 0.4) is 0 Å². The van der Waals surface area contributed by atoms with Gasteiger partial charge in [0.05, 0.1) is 16.6 Å². The van der Waals surface area contributed by atoms with Crippen LogP contribution in [0.25, 0.3) is 22.2 Å². The summed E-state index contributed by atoms with van der Waals surface area (Å²) in [5.41, 5.74) is 9.07. The largest absolute Gasteiger partial charge is 0.382 e. The van der Waals surface area contributed by atoms with Crippen LogP contribution >= 0.6 is 0 Å². The maximum Gasteiger partial charge on any atom is 0.318 e. The lowest BCUT2D eigenvalue weighted by molar-refractivity contribution is 0.254. The van der Waals surface area contributed by atoms with Gasteiger partial charge < -0.3 is 16.4 Å². The molecule has 2 amide bonds. The molecule has 7 nitrogen and oxygen atoms in total. The average Bonchev–Trinajstić information content (AvgIpc) is 2.90. The maximum absolute atomic E-state index is 11.3. The Bertz CT molecular complexity index is 793. The van der Waals surface area contributed by atoms with Gasteiger partial charge in [0.2, 0.25) is 0 Å². The highest BCUT2D eigenvalue weighted by atomic mass is 16.2. The van der Waals surface area contributed by atoms with E-state index in [0.717, 1.165) is 22.2 Å². The van der Waals surface area contributed by atoms with Gasteiger partial charge in [-0.1, -0.05) is 12.1 Å². The van der Waals surface area contributed by atoms with Crippen molar-refractivity contribution < 1.29 is 4.79 Å².